The fourth-order valence-electron chi connectivity index (χ4n) is 3.32. The van der Waals surface area contributed by atoms with Crippen LogP contribution in [0.2, 0.25) is 0 Å². The third-order valence-corrected chi connectivity index (χ3v) is 4.43. The molecule has 2 aliphatic heterocycles. The maximum absolute atomic E-state index is 13.0. The highest BCUT2D eigenvalue weighted by molar-refractivity contribution is 5.53. The first kappa shape index (κ1) is 14.2. The van der Waals surface area contributed by atoms with Gasteiger partial charge in [0.25, 0.3) is 0 Å². The number of benzene rings is 1. The summed E-state index contributed by atoms with van der Waals surface area (Å²) in [7, 11) is 0. The second kappa shape index (κ2) is 5.23. The molecule has 0 aromatic heterocycles. The first-order valence-electron chi connectivity index (χ1n) is 7.07. The number of nitrogens with one attached hydrogen (secondary N) is 1. The standard InChI is InChI=1S/C15H16F3N3/c16-15(17,18)13-7-12(2-1-10(13)8-19)20-14-4-6-21-5-3-11(14)9-21/h1-2,7,11,14,20H,3-6,9H2. The zero-order valence-corrected chi connectivity index (χ0v) is 11.5. The van der Waals surface area contributed by atoms with Gasteiger partial charge in [-0.1, -0.05) is 0 Å². The summed E-state index contributed by atoms with van der Waals surface area (Å²) in [6, 6.07) is 5.69. The first-order valence-corrected chi connectivity index (χ1v) is 7.07. The monoisotopic (exact) mass is 295 g/mol. The SMILES string of the molecule is N#Cc1ccc(NC2CCN3CCC2C3)cc1C(F)(F)F. The largest absolute Gasteiger partial charge is 0.417 e. The van der Waals surface area contributed by atoms with Gasteiger partial charge >= 0.3 is 6.18 Å². The van der Waals surface area contributed by atoms with E-state index in [1.807, 2.05) is 0 Å². The Morgan fingerprint density at radius 2 is 2.00 bits per heavy atom. The predicted octanol–water partition coefficient (Wildman–Crippen LogP) is 3.08. The van der Waals surface area contributed by atoms with Crippen LogP contribution in [0.3, 0.4) is 0 Å². The lowest BCUT2D eigenvalue weighted by Crippen LogP contribution is -2.39. The Kier molecular flexibility index (Phi) is 3.54. The van der Waals surface area contributed by atoms with Crippen LogP contribution in [0.15, 0.2) is 18.2 Å². The van der Waals surface area contributed by atoms with Gasteiger partial charge in [0.05, 0.1) is 17.2 Å². The van der Waals surface area contributed by atoms with Crippen molar-refractivity contribution in [2.24, 2.45) is 5.92 Å². The molecule has 1 N–H and O–H groups in total. The van der Waals surface area contributed by atoms with Crippen LogP contribution < -0.4 is 5.32 Å². The Labute approximate surface area is 121 Å². The summed E-state index contributed by atoms with van der Waals surface area (Å²) < 4.78 is 38.9. The Hall–Kier alpha value is -1.74. The number of anilines is 1. The average Bonchev–Trinajstić information content (AvgIpc) is 2.84. The number of nitrogens with zero attached hydrogens (tertiary/aromatic N) is 2. The number of alkyl halides is 3. The van der Waals surface area contributed by atoms with Crippen molar-refractivity contribution < 1.29 is 13.2 Å². The van der Waals surface area contributed by atoms with E-state index in [2.05, 4.69) is 10.2 Å². The minimum absolute atomic E-state index is 0.220. The summed E-state index contributed by atoms with van der Waals surface area (Å²) in [6.45, 7) is 3.11. The van der Waals surface area contributed by atoms with Crippen molar-refractivity contribution in [2.75, 3.05) is 25.0 Å². The zero-order valence-electron chi connectivity index (χ0n) is 11.5. The van der Waals surface area contributed by atoms with Crippen LogP contribution >= 0.6 is 0 Å². The third-order valence-electron chi connectivity index (χ3n) is 4.43. The highest BCUT2D eigenvalue weighted by Crippen LogP contribution is 2.35. The van der Waals surface area contributed by atoms with Crippen LogP contribution in [0.4, 0.5) is 18.9 Å². The Bertz CT molecular complexity index is 577. The Morgan fingerprint density at radius 1 is 1.24 bits per heavy atom. The second-order valence-electron chi connectivity index (χ2n) is 5.76. The van der Waals surface area contributed by atoms with E-state index in [1.165, 1.54) is 6.07 Å². The maximum Gasteiger partial charge on any atom is 0.417 e. The Morgan fingerprint density at radius 3 is 2.71 bits per heavy atom. The lowest BCUT2D eigenvalue weighted by atomic mass is 9.93. The highest BCUT2D eigenvalue weighted by Gasteiger charge is 2.36. The van der Waals surface area contributed by atoms with Crippen molar-refractivity contribution in [1.82, 2.24) is 4.90 Å². The molecular formula is C15H16F3N3. The molecule has 1 aromatic carbocycles. The Balaban J connectivity index is 1.81. The topological polar surface area (TPSA) is 39.1 Å². The molecule has 2 aliphatic rings. The van der Waals surface area contributed by atoms with Crippen molar-refractivity contribution in [2.45, 2.75) is 25.1 Å². The molecule has 1 aromatic rings. The molecule has 0 saturated carbocycles. The van der Waals surface area contributed by atoms with Crippen LogP contribution in [0, 0.1) is 17.2 Å². The van der Waals surface area contributed by atoms with Crippen molar-refractivity contribution in [1.29, 1.82) is 5.26 Å². The summed E-state index contributed by atoms with van der Waals surface area (Å²) in [6.07, 6.45) is -2.45. The molecule has 2 bridgehead atoms. The van der Waals surface area contributed by atoms with Gasteiger partial charge in [-0.05, 0) is 43.5 Å². The fraction of sp³-hybridized carbons (Fsp3) is 0.533. The first-order chi connectivity index (χ1) is 9.97. The molecule has 0 aliphatic carbocycles. The quantitative estimate of drug-likeness (QED) is 0.911. The number of nitriles is 1. The van der Waals surface area contributed by atoms with Crippen LogP contribution in [0.1, 0.15) is 24.0 Å². The summed E-state index contributed by atoms with van der Waals surface area (Å²) in [4.78, 5) is 2.39. The van der Waals surface area contributed by atoms with E-state index in [9.17, 15) is 13.2 Å². The summed E-state index contributed by atoms with van der Waals surface area (Å²) in [5.74, 6) is 0.503. The van der Waals surface area contributed by atoms with Gasteiger partial charge < -0.3 is 10.2 Å². The molecule has 3 rings (SSSR count). The van der Waals surface area contributed by atoms with E-state index in [1.54, 1.807) is 12.1 Å². The van der Waals surface area contributed by atoms with E-state index in [-0.39, 0.29) is 11.6 Å². The van der Waals surface area contributed by atoms with Crippen molar-refractivity contribution in [3.05, 3.63) is 29.3 Å². The van der Waals surface area contributed by atoms with Crippen LogP contribution in [-0.4, -0.2) is 30.6 Å². The van der Waals surface area contributed by atoms with E-state index < -0.39 is 11.7 Å². The van der Waals surface area contributed by atoms with Crippen molar-refractivity contribution in [3.63, 3.8) is 0 Å². The van der Waals surface area contributed by atoms with Crippen molar-refractivity contribution in [3.8, 4) is 6.07 Å². The average molecular weight is 295 g/mol. The molecule has 6 heteroatoms. The predicted molar refractivity (Wildman–Crippen MR) is 72.7 cm³/mol. The van der Waals surface area contributed by atoms with Gasteiger partial charge in [0.1, 0.15) is 0 Å². The minimum atomic E-state index is -4.50. The maximum atomic E-state index is 13.0. The van der Waals surface area contributed by atoms with Gasteiger partial charge in [-0.25, -0.2) is 0 Å². The normalized spacial score (nSPS) is 28.2. The van der Waals surface area contributed by atoms with Gasteiger partial charge in [0.2, 0.25) is 0 Å². The molecule has 112 valence electrons. The molecule has 3 nitrogen and oxygen atoms in total. The van der Waals surface area contributed by atoms with Gasteiger partial charge in [-0.2, -0.15) is 18.4 Å². The fourth-order valence-corrected chi connectivity index (χ4v) is 3.32. The summed E-state index contributed by atoms with van der Waals surface area (Å²) in [5.41, 5.74) is -0.741. The molecule has 2 fully saturated rings. The number of fused-ring (bicyclic) bond motifs is 2. The van der Waals surface area contributed by atoms with E-state index >= 15 is 0 Å². The lowest BCUT2D eigenvalue weighted by Gasteiger charge is -2.31. The molecular weight excluding hydrogens is 279 g/mol. The molecule has 3 unspecified atom stereocenters. The number of rotatable bonds is 2. The van der Waals surface area contributed by atoms with Crippen LogP contribution in [0.5, 0.6) is 0 Å². The molecule has 3 atom stereocenters. The van der Waals surface area contributed by atoms with Gasteiger partial charge in [-0.15, -0.1) is 0 Å². The number of hydrogen-bond donors (Lipinski definition) is 1. The van der Waals surface area contributed by atoms with E-state index in [4.69, 9.17) is 5.26 Å². The molecule has 0 radical (unpaired) electrons. The second-order valence-corrected chi connectivity index (χ2v) is 5.76. The summed E-state index contributed by atoms with van der Waals surface area (Å²) >= 11 is 0. The van der Waals surface area contributed by atoms with Crippen LogP contribution in [0.25, 0.3) is 0 Å². The molecule has 0 amide bonds. The lowest BCUT2D eigenvalue weighted by molar-refractivity contribution is -0.137. The van der Waals surface area contributed by atoms with Gasteiger partial charge in [0, 0.05) is 24.8 Å². The van der Waals surface area contributed by atoms with Crippen molar-refractivity contribution >= 4 is 5.69 Å². The molecule has 0 spiro atoms. The van der Waals surface area contributed by atoms with Gasteiger partial charge in [-0.3, -0.25) is 0 Å². The van der Waals surface area contributed by atoms with E-state index in [0.717, 1.165) is 38.5 Å². The zero-order chi connectivity index (χ0) is 15.0. The number of halogens is 3. The molecule has 2 saturated heterocycles. The third kappa shape index (κ3) is 2.84. The minimum Gasteiger partial charge on any atom is -0.382 e. The van der Waals surface area contributed by atoms with E-state index in [0.29, 0.717) is 11.6 Å². The molecule has 21 heavy (non-hydrogen) atoms. The van der Waals surface area contributed by atoms with Gasteiger partial charge in [0.15, 0.2) is 0 Å². The highest BCUT2D eigenvalue weighted by atomic mass is 19.4. The summed E-state index contributed by atoms with van der Waals surface area (Å²) in [5, 5.41) is 12.0. The smallest absolute Gasteiger partial charge is 0.382 e. The van der Waals surface area contributed by atoms with Crippen LogP contribution in [-0.2, 0) is 6.18 Å². The number of piperidine rings is 1. The molecule has 2 heterocycles. The number of hydrogen-bond acceptors (Lipinski definition) is 3.